The van der Waals surface area contributed by atoms with Gasteiger partial charge in [0.2, 0.25) is 0 Å². The molecular formula is C23H22N4O6S. The number of nitrogens with zero attached hydrogens (tertiary/aromatic N) is 2. The molecule has 2 N–H and O–H groups in total. The van der Waals surface area contributed by atoms with Crippen LogP contribution in [0.15, 0.2) is 72.8 Å². The van der Waals surface area contributed by atoms with Crippen molar-refractivity contribution in [2.45, 2.75) is 6.04 Å². The van der Waals surface area contributed by atoms with Crippen molar-refractivity contribution in [2.75, 3.05) is 24.9 Å². The number of methoxy groups -OCH3 is 2. The van der Waals surface area contributed by atoms with Crippen LogP contribution in [0.3, 0.4) is 0 Å². The van der Waals surface area contributed by atoms with Crippen LogP contribution >= 0.6 is 12.8 Å². The molecule has 34 heavy (non-hydrogen) atoms. The molecule has 3 rings (SSSR count). The second-order valence-corrected chi connectivity index (χ2v) is 7.38. The third-order valence-corrected chi connectivity index (χ3v) is 5.22. The zero-order chi connectivity index (χ0) is 24.7. The van der Waals surface area contributed by atoms with Crippen molar-refractivity contribution < 1.29 is 24.0 Å². The van der Waals surface area contributed by atoms with E-state index in [0.717, 1.165) is 10.4 Å². The highest BCUT2D eigenvalue weighted by Gasteiger charge is 2.30. The Kier molecular flexibility index (Phi) is 7.93. The summed E-state index contributed by atoms with van der Waals surface area (Å²) in [6.45, 7) is 0. The number of carbonyl (C=O) groups excluding carboxylic acids is 2. The lowest BCUT2D eigenvalue weighted by Gasteiger charge is -2.27. The van der Waals surface area contributed by atoms with Gasteiger partial charge < -0.3 is 20.1 Å². The minimum absolute atomic E-state index is 0.0584. The van der Waals surface area contributed by atoms with Gasteiger partial charge in [0.05, 0.1) is 24.8 Å². The molecule has 0 aliphatic carbocycles. The number of carbonyl (C=O) groups is 2. The normalized spacial score (nSPS) is 11.1. The predicted molar refractivity (Wildman–Crippen MR) is 130 cm³/mol. The zero-order valence-electron chi connectivity index (χ0n) is 18.3. The molecule has 0 aromatic heterocycles. The first-order chi connectivity index (χ1) is 16.3. The van der Waals surface area contributed by atoms with Crippen molar-refractivity contribution in [3.63, 3.8) is 0 Å². The standard InChI is InChI=1S/C23H22N4O6S/c1-32-18-11-8-16(9-12-18)24-22(28)21(15-6-4-3-5-7-15)26(34)23(29)25-19-14-17(27(30)31)10-13-20(19)33-2/h3-14,21,34H,1-2H3,(H,24,28)(H,25,29). The largest absolute Gasteiger partial charge is 0.497 e. The molecule has 0 bridgehead atoms. The van der Waals surface area contributed by atoms with E-state index in [0.29, 0.717) is 17.0 Å². The first-order valence-corrected chi connectivity index (χ1v) is 10.4. The quantitative estimate of drug-likeness (QED) is 0.244. The fraction of sp³-hybridized carbons (Fsp3) is 0.130. The summed E-state index contributed by atoms with van der Waals surface area (Å²) in [7, 11) is 2.90. The molecule has 0 aliphatic rings. The van der Waals surface area contributed by atoms with E-state index in [-0.39, 0.29) is 17.1 Å². The second kappa shape index (κ2) is 11.1. The third kappa shape index (κ3) is 5.75. The number of hydrogen-bond acceptors (Lipinski definition) is 7. The summed E-state index contributed by atoms with van der Waals surface area (Å²) in [4.78, 5) is 36.8. The van der Waals surface area contributed by atoms with Gasteiger partial charge in [-0.15, -0.1) is 0 Å². The van der Waals surface area contributed by atoms with Gasteiger partial charge in [0.15, 0.2) is 0 Å². The van der Waals surface area contributed by atoms with E-state index in [4.69, 9.17) is 9.47 Å². The number of non-ortho nitro benzene ring substituents is 1. The summed E-state index contributed by atoms with van der Waals surface area (Å²) >= 11 is 4.29. The van der Waals surface area contributed by atoms with E-state index in [1.807, 2.05) is 0 Å². The summed E-state index contributed by atoms with van der Waals surface area (Å²) in [5.41, 5.74) is 0.820. The number of nitrogens with one attached hydrogen (secondary N) is 2. The summed E-state index contributed by atoms with van der Waals surface area (Å²) in [5.74, 6) is 0.311. The highest BCUT2D eigenvalue weighted by Crippen LogP contribution is 2.31. The van der Waals surface area contributed by atoms with Crippen LogP contribution in [0.2, 0.25) is 0 Å². The molecule has 11 heteroatoms. The van der Waals surface area contributed by atoms with Gasteiger partial charge in [-0.1, -0.05) is 43.1 Å². The van der Waals surface area contributed by atoms with E-state index in [2.05, 4.69) is 23.4 Å². The maximum atomic E-state index is 13.2. The lowest BCUT2D eigenvalue weighted by Crippen LogP contribution is -2.38. The van der Waals surface area contributed by atoms with Crippen molar-refractivity contribution >= 4 is 41.8 Å². The van der Waals surface area contributed by atoms with Gasteiger partial charge in [-0.05, 0) is 35.9 Å². The molecule has 0 spiro atoms. The molecule has 1 atom stereocenters. The SMILES string of the molecule is COc1ccc(NC(=O)C(c2ccccc2)N(S)C(=O)Nc2cc([N+](=O)[O-])ccc2OC)cc1. The van der Waals surface area contributed by atoms with Crippen LogP contribution in [0.1, 0.15) is 11.6 Å². The van der Waals surface area contributed by atoms with Gasteiger partial charge in [-0.3, -0.25) is 19.2 Å². The Morgan fingerprint density at radius 1 is 0.971 bits per heavy atom. The molecule has 3 amide bonds. The van der Waals surface area contributed by atoms with Crippen LogP contribution in [-0.2, 0) is 4.79 Å². The van der Waals surface area contributed by atoms with Crippen LogP contribution in [0, 0.1) is 10.1 Å². The predicted octanol–water partition coefficient (Wildman–Crippen LogP) is 4.67. The molecule has 0 radical (unpaired) electrons. The fourth-order valence-electron chi connectivity index (χ4n) is 3.12. The molecule has 3 aromatic carbocycles. The maximum absolute atomic E-state index is 13.2. The van der Waals surface area contributed by atoms with Gasteiger partial charge in [0, 0.05) is 17.8 Å². The average molecular weight is 483 g/mol. The Morgan fingerprint density at radius 3 is 2.24 bits per heavy atom. The second-order valence-electron chi connectivity index (χ2n) is 6.95. The number of amides is 3. The number of nitro groups is 1. The van der Waals surface area contributed by atoms with Crippen LogP contribution in [-0.4, -0.2) is 35.4 Å². The molecule has 0 aliphatic heterocycles. The highest BCUT2D eigenvalue weighted by molar-refractivity contribution is 7.78. The molecule has 0 fully saturated rings. The Morgan fingerprint density at radius 2 is 1.65 bits per heavy atom. The molecule has 1 unspecified atom stereocenters. The number of ether oxygens (including phenoxy) is 2. The molecular weight excluding hydrogens is 460 g/mol. The van der Waals surface area contributed by atoms with Crippen molar-refractivity contribution in [3.05, 3.63) is 88.5 Å². The van der Waals surface area contributed by atoms with Gasteiger partial charge >= 0.3 is 6.03 Å². The maximum Gasteiger partial charge on any atom is 0.332 e. The number of urea groups is 1. The van der Waals surface area contributed by atoms with E-state index < -0.39 is 22.9 Å². The monoisotopic (exact) mass is 482 g/mol. The lowest BCUT2D eigenvalue weighted by molar-refractivity contribution is -0.384. The summed E-state index contributed by atoms with van der Waals surface area (Å²) in [6, 6.07) is 17.2. The van der Waals surface area contributed by atoms with Gasteiger partial charge in [0.25, 0.3) is 11.6 Å². The van der Waals surface area contributed by atoms with E-state index in [9.17, 15) is 19.7 Å². The zero-order valence-corrected chi connectivity index (χ0v) is 19.2. The smallest absolute Gasteiger partial charge is 0.332 e. The van der Waals surface area contributed by atoms with Crippen LogP contribution in [0.4, 0.5) is 21.9 Å². The third-order valence-electron chi connectivity index (χ3n) is 4.81. The van der Waals surface area contributed by atoms with E-state index in [1.165, 1.54) is 26.4 Å². The van der Waals surface area contributed by atoms with Gasteiger partial charge in [-0.25, -0.2) is 4.79 Å². The molecule has 3 aromatic rings. The molecule has 176 valence electrons. The van der Waals surface area contributed by atoms with Crippen molar-refractivity contribution in [1.29, 1.82) is 0 Å². The lowest BCUT2D eigenvalue weighted by atomic mass is 10.1. The number of thiol groups is 1. The summed E-state index contributed by atoms with van der Waals surface area (Å²) < 4.78 is 11.2. The number of hydrogen-bond donors (Lipinski definition) is 3. The number of anilines is 2. The van der Waals surface area contributed by atoms with Crippen molar-refractivity contribution in [1.82, 2.24) is 4.31 Å². The number of rotatable bonds is 8. The van der Waals surface area contributed by atoms with Gasteiger partial charge in [-0.2, -0.15) is 0 Å². The highest BCUT2D eigenvalue weighted by atomic mass is 32.1. The van der Waals surface area contributed by atoms with Gasteiger partial charge in [0.1, 0.15) is 17.5 Å². The van der Waals surface area contributed by atoms with Crippen LogP contribution in [0.5, 0.6) is 11.5 Å². The molecule has 0 saturated heterocycles. The van der Waals surface area contributed by atoms with E-state index in [1.54, 1.807) is 54.6 Å². The Labute approximate surface area is 201 Å². The minimum Gasteiger partial charge on any atom is -0.497 e. The molecule has 0 heterocycles. The van der Waals surface area contributed by atoms with E-state index >= 15 is 0 Å². The summed E-state index contributed by atoms with van der Waals surface area (Å²) in [5, 5.41) is 16.4. The van der Waals surface area contributed by atoms with Crippen LogP contribution < -0.4 is 20.1 Å². The van der Waals surface area contributed by atoms with Crippen LogP contribution in [0.25, 0.3) is 0 Å². The first kappa shape index (κ1) is 24.4. The Bertz CT molecular complexity index is 1170. The Hall–Kier alpha value is -4.25. The fourth-order valence-corrected chi connectivity index (χ4v) is 3.41. The minimum atomic E-state index is -1.13. The number of nitro benzene ring substituents is 1. The molecule has 10 nitrogen and oxygen atoms in total. The average Bonchev–Trinajstić information content (AvgIpc) is 2.85. The topological polar surface area (TPSA) is 123 Å². The number of benzene rings is 3. The molecule has 0 saturated carbocycles. The first-order valence-electron chi connectivity index (χ1n) is 9.95. The summed E-state index contributed by atoms with van der Waals surface area (Å²) in [6.07, 6.45) is 0. The Balaban J connectivity index is 1.87. The van der Waals surface area contributed by atoms with Crippen molar-refractivity contribution in [3.8, 4) is 11.5 Å². The van der Waals surface area contributed by atoms with Crippen molar-refractivity contribution in [2.24, 2.45) is 0 Å².